The fourth-order valence-electron chi connectivity index (χ4n) is 4.06. The summed E-state index contributed by atoms with van der Waals surface area (Å²) in [7, 11) is -3.16. The summed E-state index contributed by atoms with van der Waals surface area (Å²) < 4.78 is 29.4. The SMILES string of the molecule is Cc1ccc(-c2ccc3c(CCNS(=O)(=O)C4CC4)cn(CC(C)(C)C)c3c2)c(Cl)c1. The molecule has 3 aromatic rings. The average molecular weight is 459 g/mol. The molecule has 0 amide bonds. The second-order valence-electron chi connectivity index (χ2n) is 9.95. The van der Waals surface area contributed by atoms with Crippen molar-refractivity contribution in [2.75, 3.05) is 6.54 Å². The molecule has 4 rings (SSSR count). The molecule has 1 aliphatic carbocycles. The topological polar surface area (TPSA) is 51.1 Å². The first-order chi connectivity index (χ1) is 14.5. The van der Waals surface area contributed by atoms with Crippen LogP contribution in [0.5, 0.6) is 0 Å². The summed E-state index contributed by atoms with van der Waals surface area (Å²) >= 11 is 6.54. The Morgan fingerprint density at radius 3 is 2.52 bits per heavy atom. The number of benzene rings is 2. The highest BCUT2D eigenvalue weighted by Crippen LogP contribution is 2.34. The van der Waals surface area contributed by atoms with Crippen LogP contribution in [-0.4, -0.2) is 24.8 Å². The Labute approximate surface area is 190 Å². The van der Waals surface area contributed by atoms with Gasteiger partial charge in [0, 0.05) is 40.8 Å². The molecular formula is C25H31ClN2O2S. The number of rotatable bonds is 7. The average Bonchev–Trinajstić information content (AvgIpc) is 3.47. The lowest BCUT2D eigenvalue weighted by molar-refractivity contribution is 0.349. The van der Waals surface area contributed by atoms with Gasteiger partial charge in [0.15, 0.2) is 0 Å². The summed E-state index contributed by atoms with van der Waals surface area (Å²) in [6.07, 6.45) is 4.42. The minimum Gasteiger partial charge on any atom is -0.347 e. The molecule has 0 spiro atoms. The summed E-state index contributed by atoms with van der Waals surface area (Å²) in [5, 5.41) is 1.74. The zero-order valence-electron chi connectivity index (χ0n) is 18.7. The molecule has 0 saturated heterocycles. The highest BCUT2D eigenvalue weighted by Gasteiger charge is 2.35. The summed E-state index contributed by atoms with van der Waals surface area (Å²) in [4.78, 5) is 0. The van der Waals surface area contributed by atoms with Gasteiger partial charge in [0.2, 0.25) is 10.0 Å². The van der Waals surface area contributed by atoms with Crippen LogP contribution in [0.4, 0.5) is 0 Å². The predicted octanol–water partition coefficient (Wildman–Crippen LogP) is 5.94. The molecule has 2 aromatic carbocycles. The lowest BCUT2D eigenvalue weighted by atomic mass is 9.96. The normalized spacial score (nSPS) is 15.0. The molecule has 1 N–H and O–H groups in total. The second-order valence-corrected chi connectivity index (χ2v) is 12.4. The molecule has 1 aromatic heterocycles. The van der Waals surface area contributed by atoms with Gasteiger partial charge in [-0.1, -0.05) is 56.6 Å². The summed E-state index contributed by atoms with van der Waals surface area (Å²) in [5.74, 6) is 0. The van der Waals surface area contributed by atoms with E-state index in [9.17, 15) is 8.42 Å². The van der Waals surface area contributed by atoms with Crippen molar-refractivity contribution in [3.63, 3.8) is 0 Å². The predicted molar refractivity (Wildman–Crippen MR) is 130 cm³/mol. The number of aromatic nitrogens is 1. The number of aryl methyl sites for hydroxylation is 1. The molecule has 6 heteroatoms. The van der Waals surface area contributed by atoms with Crippen molar-refractivity contribution in [1.29, 1.82) is 0 Å². The van der Waals surface area contributed by atoms with Gasteiger partial charge >= 0.3 is 0 Å². The molecule has 166 valence electrons. The lowest BCUT2D eigenvalue weighted by Crippen LogP contribution is -2.29. The molecule has 31 heavy (non-hydrogen) atoms. The van der Waals surface area contributed by atoms with Gasteiger partial charge in [-0.05, 0) is 60.4 Å². The van der Waals surface area contributed by atoms with Gasteiger partial charge in [0.05, 0.1) is 5.25 Å². The molecule has 0 atom stereocenters. The molecule has 1 heterocycles. The van der Waals surface area contributed by atoms with Crippen LogP contribution >= 0.6 is 11.6 Å². The molecule has 0 radical (unpaired) electrons. The monoisotopic (exact) mass is 458 g/mol. The highest BCUT2D eigenvalue weighted by molar-refractivity contribution is 7.90. The Morgan fingerprint density at radius 1 is 1.13 bits per heavy atom. The minimum absolute atomic E-state index is 0.119. The van der Waals surface area contributed by atoms with E-state index in [1.54, 1.807) is 0 Å². The quantitative estimate of drug-likeness (QED) is 0.476. The Hall–Kier alpha value is -1.82. The number of halogens is 1. The number of hydrogen-bond donors (Lipinski definition) is 1. The number of nitrogens with zero attached hydrogens (tertiary/aromatic N) is 1. The Kier molecular flexibility index (Phi) is 5.97. The minimum atomic E-state index is -3.16. The Balaban J connectivity index is 1.68. The van der Waals surface area contributed by atoms with Crippen LogP contribution in [0.1, 0.15) is 44.7 Å². The van der Waals surface area contributed by atoms with Crippen LogP contribution in [0, 0.1) is 12.3 Å². The number of fused-ring (bicyclic) bond motifs is 1. The van der Waals surface area contributed by atoms with E-state index in [1.165, 1.54) is 10.9 Å². The van der Waals surface area contributed by atoms with Gasteiger partial charge in [0.25, 0.3) is 0 Å². The Morgan fingerprint density at radius 2 is 1.87 bits per heavy atom. The van der Waals surface area contributed by atoms with Gasteiger partial charge in [-0.25, -0.2) is 13.1 Å². The third-order valence-electron chi connectivity index (χ3n) is 5.71. The maximum atomic E-state index is 12.2. The molecule has 4 nitrogen and oxygen atoms in total. The third-order valence-corrected chi connectivity index (χ3v) is 7.97. The molecule has 0 bridgehead atoms. The van der Waals surface area contributed by atoms with Crippen molar-refractivity contribution in [2.45, 2.75) is 58.8 Å². The second kappa shape index (κ2) is 8.27. The van der Waals surface area contributed by atoms with Crippen molar-refractivity contribution in [2.24, 2.45) is 5.41 Å². The summed E-state index contributed by atoms with van der Waals surface area (Å²) in [6, 6.07) is 12.6. The zero-order valence-corrected chi connectivity index (χ0v) is 20.3. The zero-order chi connectivity index (χ0) is 22.4. The number of nitrogens with one attached hydrogen (secondary N) is 1. The molecule has 1 fully saturated rings. The first-order valence-corrected chi connectivity index (χ1v) is 12.8. The van der Waals surface area contributed by atoms with E-state index in [4.69, 9.17) is 11.6 Å². The van der Waals surface area contributed by atoms with Gasteiger partial charge in [-0.2, -0.15) is 0 Å². The Bertz CT molecular complexity index is 1220. The van der Waals surface area contributed by atoms with Gasteiger partial charge in [-0.3, -0.25) is 0 Å². The molecule has 0 unspecified atom stereocenters. The van der Waals surface area contributed by atoms with Crippen molar-refractivity contribution in [3.05, 3.63) is 58.7 Å². The van der Waals surface area contributed by atoms with E-state index in [0.29, 0.717) is 13.0 Å². The largest absolute Gasteiger partial charge is 0.347 e. The molecule has 1 aliphatic rings. The van der Waals surface area contributed by atoms with E-state index in [0.717, 1.165) is 46.6 Å². The van der Waals surface area contributed by atoms with Crippen LogP contribution in [-0.2, 0) is 23.0 Å². The van der Waals surface area contributed by atoms with Crippen molar-refractivity contribution < 1.29 is 8.42 Å². The van der Waals surface area contributed by atoms with Crippen LogP contribution in [0.3, 0.4) is 0 Å². The third kappa shape index (κ3) is 5.16. The standard InChI is InChI=1S/C25H31ClN2O2S/c1-17-5-9-21(23(26)13-17)18-6-10-22-19(11-12-27-31(29,30)20-7-8-20)15-28(24(22)14-18)16-25(2,3)4/h5-6,9-10,13-15,20,27H,7-8,11-12,16H2,1-4H3. The van der Waals surface area contributed by atoms with E-state index >= 15 is 0 Å². The smallest absolute Gasteiger partial charge is 0.214 e. The number of hydrogen-bond acceptors (Lipinski definition) is 2. The van der Waals surface area contributed by atoms with Crippen molar-refractivity contribution in [3.8, 4) is 11.1 Å². The van der Waals surface area contributed by atoms with E-state index < -0.39 is 10.0 Å². The fraction of sp³-hybridized carbons (Fsp3) is 0.440. The first kappa shape index (κ1) is 22.4. The highest BCUT2D eigenvalue weighted by atomic mass is 35.5. The summed E-state index contributed by atoms with van der Waals surface area (Å²) in [5.41, 5.74) is 5.70. The fourth-order valence-corrected chi connectivity index (χ4v) is 5.78. The van der Waals surface area contributed by atoms with Crippen LogP contribution in [0.25, 0.3) is 22.0 Å². The first-order valence-electron chi connectivity index (χ1n) is 10.9. The maximum Gasteiger partial charge on any atom is 0.214 e. The van der Waals surface area contributed by atoms with Gasteiger partial charge in [0.1, 0.15) is 0 Å². The van der Waals surface area contributed by atoms with Gasteiger partial charge < -0.3 is 4.57 Å². The molecule has 1 saturated carbocycles. The van der Waals surface area contributed by atoms with E-state index in [1.807, 2.05) is 13.0 Å². The van der Waals surface area contributed by atoms with E-state index in [2.05, 4.69) is 66.6 Å². The van der Waals surface area contributed by atoms with E-state index in [-0.39, 0.29) is 10.7 Å². The maximum absolute atomic E-state index is 12.2. The van der Waals surface area contributed by atoms with Crippen LogP contribution in [0.2, 0.25) is 5.02 Å². The van der Waals surface area contributed by atoms with Crippen molar-refractivity contribution >= 4 is 32.5 Å². The number of sulfonamides is 1. The molecule has 0 aliphatic heterocycles. The van der Waals surface area contributed by atoms with Crippen LogP contribution in [0.15, 0.2) is 42.6 Å². The van der Waals surface area contributed by atoms with Crippen molar-refractivity contribution in [1.82, 2.24) is 9.29 Å². The van der Waals surface area contributed by atoms with Gasteiger partial charge in [-0.15, -0.1) is 0 Å². The molecular weight excluding hydrogens is 428 g/mol. The lowest BCUT2D eigenvalue weighted by Gasteiger charge is -2.20. The summed E-state index contributed by atoms with van der Waals surface area (Å²) in [6.45, 7) is 10.0. The van der Waals surface area contributed by atoms with Crippen LogP contribution < -0.4 is 4.72 Å².